The van der Waals surface area contributed by atoms with Crippen molar-refractivity contribution in [3.05, 3.63) is 77.7 Å². The summed E-state index contributed by atoms with van der Waals surface area (Å²) in [6.45, 7) is 3.68. The van der Waals surface area contributed by atoms with Crippen LogP contribution in [0.1, 0.15) is 27.0 Å². The Bertz CT molecular complexity index is 598. The number of carbonyl (C=O) groups excluding carboxylic acids is 1. The zero-order valence-electron chi connectivity index (χ0n) is 9.87. The van der Waals surface area contributed by atoms with Gasteiger partial charge in [0.05, 0.1) is 5.56 Å². The van der Waals surface area contributed by atoms with Crippen molar-refractivity contribution in [3.63, 3.8) is 0 Å². The number of benzene rings is 2. The standard InChI is InChI=1S/C15H10F3O/c1-10-5-7-11(8-6-10)14(19)12-3-2-4-13(9-12)15(16,17)18/h2-9H,1H2. The molecule has 1 nitrogen and oxygen atoms in total. The van der Waals surface area contributed by atoms with Crippen molar-refractivity contribution in [2.75, 3.05) is 0 Å². The van der Waals surface area contributed by atoms with Gasteiger partial charge in [-0.2, -0.15) is 13.2 Å². The third-order valence-corrected chi connectivity index (χ3v) is 2.67. The Hall–Kier alpha value is -2.10. The first kappa shape index (κ1) is 13.3. The minimum Gasteiger partial charge on any atom is -0.289 e. The third kappa shape index (κ3) is 3.02. The first-order valence-electron chi connectivity index (χ1n) is 5.52. The second-order valence-electron chi connectivity index (χ2n) is 4.10. The van der Waals surface area contributed by atoms with E-state index in [1.807, 2.05) is 0 Å². The third-order valence-electron chi connectivity index (χ3n) is 2.67. The number of hydrogen-bond acceptors (Lipinski definition) is 1. The molecule has 0 amide bonds. The van der Waals surface area contributed by atoms with E-state index >= 15 is 0 Å². The summed E-state index contributed by atoms with van der Waals surface area (Å²) in [6.07, 6.45) is -4.45. The highest BCUT2D eigenvalue weighted by molar-refractivity contribution is 6.09. The second kappa shape index (κ2) is 4.88. The van der Waals surface area contributed by atoms with Gasteiger partial charge < -0.3 is 0 Å². The fourth-order valence-corrected chi connectivity index (χ4v) is 1.66. The van der Waals surface area contributed by atoms with Crippen LogP contribution >= 0.6 is 0 Å². The van der Waals surface area contributed by atoms with Gasteiger partial charge in [-0.3, -0.25) is 4.79 Å². The van der Waals surface area contributed by atoms with E-state index in [9.17, 15) is 18.0 Å². The Morgan fingerprint density at radius 2 is 1.58 bits per heavy atom. The van der Waals surface area contributed by atoms with E-state index < -0.39 is 17.5 Å². The van der Waals surface area contributed by atoms with Crippen molar-refractivity contribution >= 4 is 5.78 Å². The molecular formula is C15H10F3O. The zero-order chi connectivity index (χ0) is 14.0. The van der Waals surface area contributed by atoms with Crippen LogP contribution < -0.4 is 0 Å². The lowest BCUT2D eigenvalue weighted by Crippen LogP contribution is -2.08. The molecule has 0 atom stereocenters. The molecule has 97 valence electrons. The van der Waals surface area contributed by atoms with E-state index in [4.69, 9.17) is 0 Å². The van der Waals surface area contributed by atoms with Crippen molar-refractivity contribution in [3.8, 4) is 0 Å². The Balaban J connectivity index is 2.37. The van der Waals surface area contributed by atoms with Gasteiger partial charge in [0.2, 0.25) is 0 Å². The zero-order valence-corrected chi connectivity index (χ0v) is 9.87. The molecule has 0 fully saturated rings. The Labute approximate surface area is 108 Å². The van der Waals surface area contributed by atoms with Gasteiger partial charge in [0, 0.05) is 11.1 Å². The number of alkyl halides is 3. The summed E-state index contributed by atoms with van der Waals surface area (Å²) in [5, 5.41) is 0. The van der Waals surface area contributed by atoms with E-state index in [-0.39, 0.29) is 5.56 Å². The molecule has 2 aromatic carbocycles. The lowest BCUT2D eigenvalue weighted by Gasteiger charge is -2.08. The highest BCUT2D eigenvalue weighted by Gasteiger charge is 2.30. The first-order chi connectivity index (χ1) is 8.88. The molecule has 2 rings (SSSR count). The summed E-state index contributed by atoms with van der Waals surface area (Å²) in [6, 6.07) is 10.8. The molecule has 0 aliphatic heterocycles. The van der Waals surface area contributed by atoms with Gasteiger partial charge in [-0.15, -0.1) is 0 Å². The molecule has 0 aromatic heterocycles. The first-order valence-corrected chi connectivity index (χ1v) is 5.52. The van der Waals surface area contributed by atoms with Crippen molar-refractivity contribution < 1.29 is 18.0 Å². The minimum absolute atomic E-state index is 0.0200. The molecule has 0 aliphatic carbocycles. The Morgan fingerprint density at radius 3 is 2.16 bits per heavy atom. The maximum Gasteiger partial charge on any atom is 0.416 e. The fourth-order valence-electron chi connectivity index (χ4n) is 1.66. The van der Waals surface area contributed by atoms with Gasteiger partial charge in [0.15, 0.2) is 5.78 Å². The highest BCUT2D eigenvalue weighted by atomic mass is 19.4. The van der Waals surface area contributed by atoms with Crippen molar-refractivity contribution in [1.29, 1.82) is 0 Å². The number of hydrogen-bond donors (Lipinski definition) is 0. The summed E-state index contributed by atoms with van der Waals surface area (Å²) in [5.74, 6) is -0.439. The molecule has 0 saturated heterocycles. The molecular weight excluding hydrogens is 253 g/mol. The van der Waals surface area contributed by atoms with E-state index in [0.29, 0.717) is 5.56 Å². The smallest absolute Gasteiger partial charge is 0.289 e. The topological polar surface area (TPSA) is 17.1 Å². The molecule has 0 bridgehead atoms. The summed E-state index contributed by atoms with van der Waals surface area (Å²) < 4.78 is 37.7. The largest absolute Gasteiger partial charge is 0.416 e. The van der Waals surface area contributed by atoms with Gasteiger partial charge in [0.1, 0.15) is 0 Å². The van der Waals surface area contributed by atoms with Gasteiger partial charge in [-0.05, 0) is 24.6 Å². The average Bonchev–Trinajstić information content (AvgIpc) is 2.38. The van der Waals surface area contributed by atoms with E-state index in [0.717, 1.165) is 17.7 Å². The molecule has 0 heterocycles. The van der Waals surface area contributed by atoms with Crippen LogP contribution in [0.25, 0.3) is 0 Å². The van der Waals surface area contributed by atoms with Crippen molar-refractivity contribution in [1.82, 2.24) is 0 Å². The van der Waals surface area contributed by atoms with E-state index in [2.05, 4.69) is 6.92 Å². The highest BCUT2D eigenvalue weighted by Crippen LogP contribution is 2.29. The SMILES string of the molecule is [CH2]c1ccc(C(=O)c2cccc(C(F)(F)F)c2)cc1. The maximum atomic E-state index is 12.6. The summed E-state index contributed by atoms with van der Waals surface area (Å²) >= 11 is 0. The molecule has 0 saturated carbocycles. The van der Waals surface area contributed by atoms with Crippen LogP contribution in [0.2, 0.25) is 0 Å². The summed E-state index contributed by atoms with van der Waals surface area (Å²) in [7, 11) is 0. The molecule has 1 radical (unpaired) electrons. The number of carbonyl (C=O) groups is 1. The maximum absolute atomic E-state index is 12.6. The van der Waals surface area contributed by atoms with Crippen LogP contribution in [-0.4, -0.2) is 5.78 Å². The van der Waals surface area contributed by atoms with Crippen LogP contribution in [0.5, 0.6) is 0 Å². The van der Waals surface area contributed by atoms with Gasteiger partial charge in [-0.25, -0.2) is 0 Å². The average molecular weight is 263 g/mol. The summed E-state index contributed by atoms with van der Waals surface area (Å²) in [4.78, 5) is 12.0. The molecule has 19 heavy (non-hydrogen) atoms. The molecule has 0 aliphatic rings. The Kier molecular flexibility index (Phi) is 3.42. The number of halogens is 3. The molecule has 0 N–H and O–H groups in total. The van der Waals surface area contributed by atoms with Crippen LogP contribution in [0.3, 0.4) is 0 Å². The van der Waals surface area contributed by atoms with Crippen molar-refractivity contribution in [2.45, 2.75) is 6.18 Å². The predicted octanol–water partition coefficient (Wildman–Crippen LogP) is 4.12. The lowest BCUT2D eigenvalue weighted by molar-refractivity contribution is -0.137. The van der Waals surface area contributed by atoms with Crippen LogP contribution in [0, 0.1) is 6.92 Å². The monoisotopic (exact) mass is 263 g/mol. The van der Waals surface area contributed by atoms with Gasteiger partial charge in [0.25, 0.3) is 0 Å². The van der Waals surface area contributed by atoms with Crippen LogP contribution in [-0.2, 0) is 6.18 Å². The fraction of sp³-hybridized carbons (Fsp3) is 0.0667. The Morgan fingerprint density at radius 1 is 0.947 bits per heavy atom. The molecule has 2 aromatic rings. The number of rotatable bonds is 2. The predicted molar refractivity (Wildman–Crippen MR) is 65.8 cm³/mol. The molecule has 0 unspecified atom stereocenters. The van der Waals surface area contributed by atoms with Gasteiger partial charge in [-0.1, -0.05) is 36.4 Å². The van der Waals surface area contributed by atoms with Crippen molar-refractivity contribution in [2.24, 2.45) is 0 Å². The van der Waals surface area contributed by atoms with E-state index in [1.54, 1.807) is 24.3 Å². The van der Waals surface area contributed by atoms with Gasteiger partial charge >= 0.3 is 6.18 Å². The quantitative estimate of drug-likeness (QED) is 0.745. The van der Waals surface area contributed by atoms with E-state index in [1.165, 1.54) is 12.1 Å². The molecule has 0 spiro atoms. The second-order valence-corrected chi connectivity index (χ2v) is 4.10. The number of ketones is 1. The van der Waals surface area contributed by atoms with Crippen LogP contribution in [0.15, 0.2) is 48.5 Å². The lowest BCUT2D eigenvalue weighted by atomic mass is 10.0. The normalized spacial score (nSPS) is 11.4. The minimum atomic E-state index is -4.45. The summed E-state index contributed by atoms with van der Waals surface area (Å²) in [5.41, 5.74) is 0.270. The molecule has 4 heteroatoms. The van der Waals surface area contributed by atoms with Crippen LogP contribution in [0.4, 0.5) is 13.2 Å².